The maximum absolute atomic E-state index is 11.2. The van der Waals surface area contributed by atoms with Crippen LogP contribution in [-0.2, 0) is 17.8 Å². The van der Waals surface area contributed by atoms with E-state index in [2.05, 4.69) is 12.1 Å². The molecule has 0 fully saturated rings. The molecule has 1 aromatic heterocycles. The third kappa shape index (κ3) is 2.86. The lowest BCUT2D eigenvalue weighted by Gasteiger charge is -2.12. The van der Waals surface area contributed by atoms with Crippen molar-refractivity contribution < 1.29 is 9.90 Å². The lowest BCUT2D eigenvalue weighted by Crippen LogP contribution is -2.18. The Kier molecular flexibility index (Phi) is 3.92. The van der Waals surface area contributed by atoms with Crippen LogP contribution in [0.25, 0.3) is 11.0 Å². The summed E-state index contributed by atoms with van der Waals surface area (Å²) in [5, 5.41) is 9.20. The summed E-state index contributed by atoms with van der Waals surface area (Å²) in [4.78, 5) is 15.9. The molecule has 3 aromatic rings. The maximum Gasteiger partial charge on any atom is 0.308 e. The largest absolute Gasteiger partial charge is 0.481 e. The van der Waals surface area contributed by atoms with Gasteiger partial charge in [0.25, 0.3) is 0 Å². The van der Waals surface area contributed by atoms with E-state index in [0.717, 1.165) is 16.9 Å². The molecule has 1 atom stereocenters. The molecule has 3 rings (SSSR count). The van der Waals surface area contributed by atoms with Crippen LogP contribution >= 0.6 is 0 Å². The summed E-state index contributed by atoms with van der Waals surface area (Å²) < 4.78 is 2.03. The summed E-state index contributed by atoms with van der Waals surface area (Å²) in [7, 11) is 0. The number of rotatable bonds is 5. The number of nitrogens with zero attached hydrogens (tertiary/aromatic N) is 2. The average Bonchev–Trinajstić information content (AvgIpc) is 2.86. The van der Waals surface area contributed by atoms with Crippen LogP contribution in [-0.4, -0.2) is 20.6 Å². The molecular formula is C18H18N2O2. The van der Waals surface area contributed by atoms with Crippen LogP contribution in [0.15, 0.2) is 54.6 Å². The number of carboxylic acids is 1. The zero-order valence-corrected chi connectivity index (χ0v) is 12.4. The topological polar surface area (TPSA) is 55.1 Å². The fourth-order valence-electron chi connectivity index (χ4n) is 2.59. The fraction of sp³-hybridized carbons (Fsp3) is 0.222. The van der Waals surface area contributed by atoms with Gasteiger partial charge in [-0.25, -0.2) is 4.98 Å². The molecule has 4 nitrogen and oxygen atoms in total. The first-order valence-electron chi connectivity index (χ1n) is 7.36. The van der Waals surface area contributed by atoms with E-state index in [-0.39, 0.29) is 0 Å². The van der Waals surface area contributed by atoms with Crippen molar-refractivity contribution in [2.24, 2.45) is 5.92 Å². The summed E-state index contributed by atoms with van der Waals surface area (Å²) in [5.41, 5.74) is 3.06. The highest BCUT2D eigenvalue weighted by atomic mass is 16.4. The number of aromatic nitrogens is 2. The number of para-hydroxylation sites is 2. The molecule has 0 aliphatic heterocycles. The van der Waals surface area contributed by atoms with E-state index < -0.39 is 11.9 Å². The summed E-state index contributed by atoms with van der Waals surface area (Å²) in [5.74, 6) is -0.337. The van der Waals surface area contributed by atoms with Gasteiger partial charge in [0.2, 0.25) is 0 Å². The van der Waals surface area contributed by atoms with E-state index in [1.165, 1.54) is 5.56 Å². The van der Waals surface area contributed by atoms with Crippen LogP contribution < -0.4 is 0 Å². The minimum Gasteiger partial charge on any atom is -0.481 e. The van der Waals surface area contributed by atoms with Crippen molar-refractivity contribution >= 4 is 17.0 Å². The number of benzene rings is 2. The van der Waals surface area contributed by atoms with Gasteiger partial charge >= 0.3 is 5.97 Å². The van der Waals surface area contributed by atoms with Crippen molar-refractivity contribution in [2.75, 3.05) is 0 Å². The molecule has 0 aliphatic carbocycles. The number of carbonyl (C=O) groups is 1. The number of fused-ring (bicyclic) bond motifs is 1. The first-order valence-corrected chi connectivity index (χ1v) is 7.36. The standard InChI is InChI=1S/C18H18N2O2/c1-13(18(21)22)12-20-16-10-6-5-9-15(16)19-17(20)11-14-7-3-2-4-8-14/h2-10,13H,11-12H2,1H3,(H,21,22)/t13-/m1/s1. The second-order valence-electron chi connectivity index (χ2n) is 5.53. The molecule has 2 aromatic carbocycles. The molecule has 0 spiro atoms. The molecule has 1 N–H and O–H groups in total. The van der Waals surface area contributed by atoms with Crippen LogP contribution in [0.1, 0.15) is 18.3 Å². The molecule has 0 radical (unpaired) electrons. The van der Waals surface area contributed by atoms with Crippen molar-refractivity contribution in [3.05, 3.63) is 66.0 Å². The summed E-state index contributed by atoms with van der Waals surface area (Å²) in [6.07, 6.45) is 0.696. The number of aliphatic carboxylic acids is 1. The van der Waals surface area contributed by atoms with E-state index in [0.29, 0.717) is 13.0 Å². The summed E-state index contributed by atoms with van der Waals surface area (Å²) in [6.45, 7) is 2.15. The number of imidazole rings is 1. The maximum atomic E-state index is 11.2. The minimum absolute atomic E-state index is 0.429. The third-order valence-electron chi connectivity index (χ3n) is 3.82. The Morgan fingerprint density at radius 1 is 1.14 bits per heavy atom. The minimum atomic E-state index is -0.788. The van der Waals surface area contributed by atoms with Crippen molar-refractivity contribution in [3.8, 4) is 0 Å². The summed E-state index contributed by atoms with van der Waals surface area (Å²) in [6, 6.07) is 18.0. The zero-order valence-electron chi connectivity index (χ0n) is 12.4. The molecule has 4 heteroatoms. The van der Waals surface area contributed by atoms with E-state index in [1.807, 2.05) is 47.0 Å². The monoisotopic (exact) mass is 294 g/mol. The van der Waals surface area contributed by atoms with E-state index in [1.54, 1.807) is 6.92 Å². The molecule has 0 saturated carbocycles. The highest BCUT2D eigenvalue weighted by Crippen LogP contribution is 2.20. The molecule has 0 amide bonds. The van der Waals surface area contributed by atoms with E-state index in [4.69, 9.17) is 4.98 Å². The van der Waals surface area contributed by atoms with Gasteiger partial charge in [0.1, 0.15) is 5.82 Å². The molecule has 1 heterocycles. The second-order valence-corrected chi connectivity index (χ2v) is 5.53. The van der Waals surface area contributed by atoms with Crippen molar-refractivity contribution in [2.45, 2.75) is 19.9 Å². The third-order valence-corrected chi connectivity index (χ3v) is 3.82. The van der Waals surface area contributed by atoms with Crippen molar-refractivity contribution in [3.63, 3.8) is 0 Å². The zero-order chi connectivity index (χ0) is 15.5. The highest BCUT2D eigenvalue weighted by Gasteiger charge is 2.17. The first-order chi connectivity index (χ1) is 10.6. The predicted octanol–water partition coefficient (Wildman–Crippen LogP) is 3.35. The van der Waals surface area contributed by atoms with Crippen LogP contribution in [0.3, 0.4) is 0 Å². The van der Waals surface area contributed by atoms with Gasteiger partial charge in [-0.2, -0.15) is 0 Å². The molecule has 112 valence electrons. The van der Waals surface area contributed by atoms with E-state index >= 15 is 0 Å². The molecule has 0 bridgehead atoms. The van der Waals surface area contributed by atoms with Crippen molar-refractivity contribution in [1.29, 1.82) is 0 Å². The van der Waals surface area contributed by atoms with Crippen LogP contribution in [0.5, 0.6) is 0 Å². The predicted molar refractivity (Wildman–Crippen MR) is 85.8 cm³/mol. The smallest absolute Gasteiger partial charge is 0.308 e. The second kappa shape index (κ2) is 6.02. The Hall–Kier alpha value is -2.62. The molecule has 22 heavy (non-hydrogen) atoms. The normalized spacial score (nSPS) is 12.4. The van der Waals surface area contributed by atoms with Gasteiger partial charge in [-0.15, -0.1) is 0 Å². The lowest BCUT2D eigenvalue weighted by atomic mass is 10.1. The van der Waals surface area contributed by atoms with Gasteiger partial charge in [0, 0.05) is 13.0 Å². The Bertz CT molecular complexity index is 793. The number of hydrogen-bond donors (Lipinski definition) is 1. The van der Waals surface area contributed by atoms with Gasteiger partial charge in [-0.1, -0.05) is 49.4 Å². The van der Waals surface area contributed by atoms with Gasteiger partial charge in [-0.05, 0) is 17.7 Å². The van der Waals surface area contributed by atoms with Gasteiger partial charge in [0.15, 0.2) is 0 Å². The molecular weight excluding hydrogens is 276 g/mol. The Balaban J connectivity index is 2.02. The van der Waals surface area contributed by atoms with Crippen LogP contribution in [0, 0.1) is 5.92 Å². The van der Waals surface area contributed by atoms with Crippen LogP contribution in [0.2, 0.25) is 0 Å². The van der Waals surface area contributed by atoms with Gasteiger partial charge in [0.05, 0.1) is 17.0 Å². The molecule has 0 saturated heterocycles. The Morgan fingerprint density at radius 2 is 1.82 bits per heavy atom. The highest BCUT2D eigenvalue weighted by molar-refractivity contribution is 5.76. The quantitative estimate of drug-likeness (QED) is 0.785. The average molecular weight is 294 g/mol. The fourth-order valence-corrected chi connectivity index (χ4v) is 2.59. The molecule has 0 aliphatic rings. The lowest BCUT2D eigenvalue weighted by molar-refractivity contribution is -0.141. The Morgan fingerprint density at radius 3 is 2.55 bits per heavy atom. The number of hydrogen-bond acceptors (Lipinski definition) is 2. The van der Waals surface area contributed by atoms with Crippen molar-refractivity contribution in [1.82, 2.24) is 9.55 Å². The van der Waals surface area contributed by atoms with Gasteiger partial charge in [-0.3, -0.25) is 4.79 Å². The van der Waals surface area contributed by atoms with Crippen LogP contribution in [0.4, 0.5) is 0 Å². The molecule has 0 unspecified atom stereocenters. The summed E-state index contributed by atoms with van der Waals surface area (Å²) >= 11 is 0. The van der Waals surface area contributed by atoms with Gasteiger partial charge < -0.3 is 9.67 Å². The first kappa shape index (κ1) is 14.3. The van der Waals surface area contributed by atoms with E-state index in [9.17, 15) is 9.90 Å². The number of carboxylic acid groups (broad SMARTS) is 1. The SMILES string of the molecule is C[C@H](Cn1c(Cc2ccccc2)nc2ccccc21)C(=O)O. The Labute approximate surface area is 129 Å².